The highest BCUT2D eigenvalue weighted by Gasteiger charge is 2.37. The van der Waals surface area contributed by atoms with E-state index in [0.717, 1.165) is 91.7 Å². The molecule has 9 nitrogen and oxygen atoms in total. The second-order valence-electron chi connectivity index (χ2n) is 14.7. The van der Waals surface area contributed by atoms with Crippen LogP contribution in [-0.4, -0.2) is 92.9 Å². The van der Waals surface area contributed by atoms with E-state index in [9.17, 15) is 5.11 Å². The fourth-order valence-electron chi connectivity index (χ4n) is 8.71. The summed E-state index contributed by atoms with van der Waals surface area (Å²) in [5, 5.41) is 10.8. The van der Waals surface area contributed by atoms with Crippen molar-refractivity contribution in [2.45, 2.75) is 50.9 Å². The third-order valence-corrected chi connectivity index (χ3v) is 12.6. The molecule has 10 heteroatoms. The van der Waals surface area contributed by atoms with E-state index in [0.29, 0.717) is 35.2 Å². The standard InChI is InChI=1S/C43H51N3O6S/c1-44-14-12-29-23-30(26-47)38-24-33(29)35(44)20-27-6-9-31(10-7-27)51-39-22-28(8-11-37(39)48-3)21-36-40-32(13-15-45(36)2)34(25-46-16-18-53-19-17-46)41(49-4)43(50-5)42(40)52-38/h6-11,22-24,35-36,47H,12-21,25-26H2,1-5H3/t35-,36-/m0/s1. The number of benzene rings is 4. The second-order valence-corrected chi connectivity index (χ2v) is 15.9. The van der Waals surface area contributed by atoms with Crippen molar-refractivity contribution in [3.63, 3.8) is 0 Å². The molecular formula is C43H51N3O6S. The Morgan fingerprint density at radius 1 is 0.755 bits per heavy atom. The number of likely N-dealkylation sites (N-methyl/N-ethyl adjacent to an activating group) is 2. The van der Waals surface area contributed by atoms with E-state index in [1.807, 2.05) is 17.8 Å². The molecule has 1 saturated heterocycles. The van der Waals surface area contributed by atoms with Gasteiger partial charge in [-0.15, -0.1) is 0 Å². The zero-order valence-corrected chi connectivity index (χ0v) is 32.4. The lowest BCUT2D eigenvalue weighted by atomic mass is 9.84. The van der Waals surface area contributed by atoms with Crippen molar-refractivity contribution in [1.29, 1.82) is 0 Å². The molecule has 0 radical (unpaired) electrons. The molecule has 0 aliphatic carbocycles. The number of nitrogens with zero attached hydrogens (tertiary/aromatic N) is 3. The van der Waals surface area contributed by atoms with Crippen molar-refractivity contribution in [3.8, 4) is 40.2 Å². The molecule has 280 valence electrons. The molecule has 5 aliphatic rings. The normalized spacial score (nSPS) is 20.4. The van der Waals surface area contributed by atoms with Gasteiger partial charge in [-0.1, -0.05) is 18.2 Å². The lowest BCUT2D eigenvalue weighted by Crippen LogP contribution is -2.36. The zero-order valence-electron chi connectivity index (χ0n) is 31.6. The van der Waals surface area contributed by atoms with Crippen LogP contribution in [0.5, 0.6) is 40.2 Å². The molecule has 4 aromatic carbocycles. The van der Waals surface area contributed by atoms with Crippen LogP contribution in [0.4, 0.5) is 0 Å². The molecule has 4 aromatic rings. The molecule has 5 heterocycles. The van der Waals surface area contributed by atoms with Crippen LogP contribution in [0.15, 0.2) is 54.6 Å². The maximum atomic E-state index is 10.8. The topological polar surface area (TPSA) is 76.1 Å². The van der Waals surface area contributed by atoms with E-state index < -0.39 is 0 Å². The zero-order chi connectivity index (χ0) is 36.6. The van der Waals surface area contributed by atoms with Crippen LogP contribution in [0.3, 0.4) is 0 Å². The average Bonchev–Trinajstić information content (AvgIpc) is 3.18. The fourth-order valence-corrected chi connectivity index (χ4v) is 9.69. The Kier molecular flexibility index (Phi) is 10.5. The molecule has 2 atom stereocenters. The molecule has 0 spiro atoms. The summed E-state index contributed by atoms with van der Waals surface area (Å²) in [6.45, 7) is 4.55. The molecule has 0 aromatic heterocycles. The molecular weight excluding hydrogens is 687 g/mol. The summed E-state index contributed by atoms with van der Waals surface area (Å²) < 4.78 is 32.2. The van der Waals surface area contributed by atoms with E-state index in [4.69, 9.17) is 23.7 Å². The first kappa shape index (κ1) is 36.1. The van der Waals surface area contributed by atoms with Crippen molar-refractivity contribution in [2.24, 2.45) is 0 Å². The Morgan fingerprint density at radius 2 is 1.47 bits per heavy atom. The third kappa shape index (κ3) is 6.96. The Bertz CT molecular complexity index is 1960. The van der Waals surface area contributed by atoms with Crippen LogP contribution < -0.4 is 23.7 Å². The number of aliphatic hydroxyl groups excluding tert-OH is 1. The number of aliphatic hydroxyl groups is 1. The first-order valence-electron chi connectivity index (χ1n) is 18.8. The first-order chi connectivity index (χ1) is 25.9. The molecule has 0 saturated carbocycles. The Balaban J connectivity index is 1.37. The van der Waals surface area contributed by atoms with Gasteiger partial charge in [0.15, 0.2) is 23.0 Å². The molecule has 0 unspecified atom stereocenters. The number of hydrogen-bond donors (Lipinski definition) is 1. The molecule has 9 rings (SSSR count). The van der Waals surface area contributed by atoms with Gasteiger partial charge >= 0.3 is 0 Å². The van der Waals surface area contributed by atoms with Gasteiger partial charge < -0.3 is 28.8 Å². The van der Waals surface area contributed by atoms with Crippen LogP contribution >= 0.6 is 11.8 Å². The summed E-state index contributed by atoms with van der Waals surface area (Å²) in [5.74, 6) is 7.02. The minimum atomic E-state index is -0.130. The van der Waals surface area contributed by atoms with Crippen LogP contribution in [-0.2, 0) is 38.8 Å². The monoisotopic (exact) mass is 737 g/mol. The van der Waals surface area contributed by atoms with Crippen molar-refractivity contribution in [2.75, 3.05) is 73.1 Å². The van der Waals surface area contributed by atoms with Gasteiger partial charge in [0.2, 0.25) is 5.75 Å². The fraction of sp³-hybridized carbons (Fsp3) is 0.442. The quantitative estimate of drug-likeness (QED) is 0.220. The van der Waals surface area contributed by atoms with Gasteiger partial charge in [-0.2, -0.15) is 11.8 Å². The first-order valence-corrected chi connectivity index (χ1v) is 19.9. The van der Waals surface area contributed by atoms with E-state index in [-0.39, 0.29) is 18.7 Å². The molecule has 1 fully saturated rings. The van der Waals surface area contributed by atoms with E-state index in [2.05, 4.69) is 77.3 Å². The predicted molar refractivity (Wildman–Crippen MR) is 210 cm³/mol. The molecule has 53 heavy (non-hydrogen) atoms. The molecule has 5 aliphatic heterocycles. The lowest BCUT2D eigenvalue weighted by Gasteiger charge is -2.39. The molecule has 6 bridgehead atoms. The van der Waals surface area contributed by atoms with Crippen molar-refractivity contribution >= 4 is 11.8 Å². The summed E-state index contributed by atoms with van der Waals surface area (Å²) in [6.07, 6.45) is 3.29. The number of rotatable bonds is 6. The average molecular weight is 738 g/mol. The number of thioether (sulfide) groups is 1. The van der Waals surface area contributed by atoms with Gasteiger partial charge in [0.1, 0.15) is 11.5 Å². The second kappa shape index (κ2) is 15.4. The lowest BCUT2D eigenvalue weighted by molar-refractivity contribution is 0.216. The van der Waals surface area contributed by atoms with Crippen LogP contribution in [0, 0.1) is 0 Å². The van der Waals surface area contributed by atoms with Gasteiger partial charge in [0.05, 0.1) is 27.9 Å². The SMILES string of the molecule is COc1ccc2cc1Oc1ccc(cc1)C[C@H]1c3cc(c(CO)cc3CCN1C)Oc1c(OC)c(OC)c(CN3CCSCC3)c3c1[C@H](C2)N(C)CC3. The van der Waals surface area contributed by atoms with E-state index >= 15 is 0 Å². The van der Waals surface area contributed by atoms with Gasteiger partial charge in [0, 0.05) is 73.0 Å². The maximum Gasteiger partial charge on any atom is 0.204 e. The summed E-state index contributed by atoms with van der Waals surface area (Å²) >= 11 is 2.02. The van der Waals surface area contributed by atoms with Gasteiger partial charge in [-0.05, 0) is 104 Å². The smallest absolute Gasteiger partial charge is 0.204 e. The van der Waals surface area contributed by atoms with Crippen molar-refractivity contribution in [3.05, 3.63) is 99.1 Å². The molecule has 1 N–H and O–H groups in total. The highest BCUT2D eigenvalue weighted by atomic mass is 32.2. The number of ether oxygens (including phenoxy) is 5. The third-order valence-electron chi connectivity index (χ3n) is 11.7. The minimum Gasteiger partial charge on any atom is -0.493 e. The Morgan fingerprint density at radius 3 is 2.21 bits per heavy atom. The van der Waals surface area contributed by atoms with Gasteiger partial charge in [-0.25, -0.2) is 0 Å². The summed E-state index contributed by atoms with van der Waals surface area (Å²) in [4.78, 5) is 7.39. The minimum absolute atomic E-state index is 0.0438. The summed E-state index contributed by atoms with van der Waals surface area (Å²) in [7, 11) is 9.53. The highest BCUT2D eigenvalue weighted by Crippen LogP contribution is 2.53. The van der Waals surface area contributed by atoms with Crippen molar-refractivity contribution in [1.82, 2.24) is 14.7 Å². The van der Waals surface area contributed by atoms with Crippen LogP contribution in [0.1, 0.15) is 56.6 Å². The number of fused-ring (bicyclic) bond motifs is 2. The summed E-state index contributed by atoms with van der Waals surface area (Å²) in [6, 6.07) is 19.1. The van der Waals surface area contributed by atoms with Crippen molar-refractivity contribution < 1.29 is 28.8 Å². The van der Waals surface area contributed by atoms with E-state index in [1.54, 1.807) is 21.3 Å². The Labute approximate surface area is 317 Å². The largest absolute Gasteiger partial charge is 0.493 e. The maximum absolute atomic E-state index is 10.8. The number of methoxy groups -OCH3 is 3. The van der Waals surface area contributed by atoms with Crippen LogP contribution in [0.2, 0.25) is 0 Å². The van der Waals surface area contributed by atoms with Crippen LogP contribution in [0.25, 0.3) is 0 Å². The summed E-state index contributed by atoms with van der Waals surface area (Å²) in [5.41, 5.74) is 9.13. The molecule has 0 amide bonds. The highest BCUT2D eigenvalue weighted by molar-refractivity contribution is 7.99. The Hall–Kier alpha value is -3.93. The van der Waals surface area contributed by atoms with E-state index in [1.165, 1.54) is 27.8 Å². The number of hydrogen-bond acceptors (Lipinski definition) is 10. The van der Waals surface area contributed by atoms with Gasteiger partial charge in [-0.3, -0.25) is 14.7 Å². The van der Waals surface area contributed by atoms with Gasteiger partial charge in [0.25, 0.3) is 0 Å². The predicted octanol–water partition coefficient (Wildman–Crippen LogP) is 7.19.